The van der Waals surface area contributed by atoms with Crippen molar-refractivity contribution in [2.24, 2.45) is 0 Å². The van der Waals surface area contributed by atoms with E-state index in [-0.39, 0.29) is 19.0 Å². The Morgan fingerprint density at radius 1 is 1.40 bits per heavy atom. The van der Waals surface area contributed by atoms with Crippen molar-refractivity contribution in [3.05, 3.63) is 0 Å². The van der Waals surface area contributed by atoms with Gasteiger partial charge in [0.2, 0.25) is 0 Å². The second kappa shape index (κ2) is 5.08. The van der Waals surface area contributed by atoms with Crippen LogP contribution >= 0.6 is 0 Å². The summed E-state index contributed by atoms with van der Waals surface area (Å²) < 4.78 is 4.59. The van der Waals surface area contributed by atoms with E-state index >= 15 is 0 Å². The highest BCUT2D eigenvalue weighted by Gasteiger charge is 1.99. The number of Topliss-reactive ketones (excluding diaryl/α,β-unsaturated/α-hetero) is 2. The first-order chi connectivity index (χ1) is 4.66. The zero-order chi connectivity index (χ0) is 7.98. The van der Waals surface area contributed by atoms with E-state index < -0.39 is 12.4 Å². The zero-order valence-corrected chi connectivity index (χ0v) is 5.79. The molecular weight excluding hydrogens is 136 g/mol. The topological polar surface area (TPSA) is 63.6 Å². The summed E-state index contributed by atoms with van der Waals surface area (Å²) >= 11 is 0. The van der Waals surface area contributed by atoms with E-state index in [9.17, 15) is 9.59 Å². The summed E-state index contributed by atoms with van der Waals surface area (Å²) in [5, 5.41) is 8.19. The standard InChI is InChI=1S/C6H10O4/c1-5(8)3-10-4-6(9)2-7/h7H,2-4H2,1H3. The molecule has 4 nitrogen and oxygen atoms in total. The number of aliphatic hydroxyl groups is 1. The molecule has 0 radical (unpaired) electrons. The second-order valence-electron chi connectivity index (χ2n) is 1.89. The van der Waals surface area contributed by atoms with Crippen molar-refractivity contribution in [3.63, 3.8) is 0 Å². The Hall–Kier alpha value is -0.740. The molecule has 0 spiro atoms. The number of hydrogen-bond acceptors (Lipinski definition) is 4. The van der Waals surface area contributed by atoms with Crippen LogP contribution < -0.4 is 0 Å². The van der Waals surface area contributed by atoms with Crippen LogP contribution in [0.1, 0.15) is 6.92 Å². The molecule has 0 aromatic heterocycles. The predicted molar refractivity (Wildman–Crippen MR) is 33.6 cm³/mol. The zero-order valence-electron chi connectivity index (χ0n) is 5.79. The molecule has 4 heteroatoms. The first-order valence-corrected chi connectivity index (χ1v) is 2.86. The Morgan fingerprint density at radius 2 is 2.00 bits per heavy atom. The molecule has 0 fully saturated rings. The number of ketones is 2. The Labute approximate surface area is 58.8 Å². The predicted octanol–water partition coefficient (Wildman–Crippen LogP) is -0.847. The van der Waals surface area contributed by atoms with E-state index in [1.165, 1.54) is 6.92 Å². The van der Waals surface area contributed by atoms with Gasteiger partial charge in [0.25, 0.3) is 0 Å². The highest BCUT2D eigenvalue weighted by molar-refractivity contribution is 5.81. The molecule has 0 aliphatic heterocycles. The summed E-state index contributed by atoms with van der Waals surface area (Å²) in [5.74, 6) is -0.549. The fourth-order valence-electron chi connectivity index (χ4n) is 0.354. The molecular formula is C6H10O4. The van der Waals surface area contributed by atoms with Crippen molar-refractivity contribution < 1.29 is 19.4 Å². The van der Waals surface area contributed by atoms with E-state index in [1.54, 1.807) is 0 Å². The first-order valence-electron chi connectivity index (χ1n) is 2.86. The van der Waals surface area contributed by atoms with Gasteiger partial charge in [-0.15, -0.1) is 0 Å². The molecule has 0 aliphatic rings. The van der Waals surface area contributed by atoms with Gasteiger partial charge in [0.05, 0.1) is 0 Å². The Bertz CT molecular complexity index is 130. The molecule has 0 saturated heterocycles. The maximum absolute atomic E-state index is 10.3. The summed E-state index contributed by atoms with van der Waals surface area (Å²) in [7, 11) is 0. The van der Waals surface area contributed by atoms with Crippen LogP contribution in [0.15, 0.2) is 0 Å². The number of carbonyl (C=O) groups is 2. The molecule has 0 aliphatic carbocycles. The maximum atomic E-state index is 10.3. The molecule has 0 amide bonds. The third-order valence-electron chi connectivity index (χ3n) is 0.745. The number of carbonyl (C=O) groups excluding carboxylic acids is 2. The number of rotatable bonds is 5. The molecule has 0 bridgehead atoms. The quantitative estimate of drug-likeness (QED) is 0.549. The molecule has 0 aromatic rings. The van der Waals surface area contributed by atoms with Crippen LogP contribution in [-0.2, 0) is 14.3 Å². The molecule has 0 unspecified atom stereocenters. The lowest BCUT2D eigenvalue weighted by atomic mass is 10.4. The monoisotopic (exact) mass is 146 g/mol. The maximum Gasteiger partial charge on any atom is 0.183 e. The molecule has 10 heavy (non-hydrogen) atoms. The average molecular weight is 146 g/mol. The van der Waals surface area contributed by atoms with E-state index in [4.69, 9.17) is 5.11 Å². The summed E-state index contributed by atoms with van der Waals surface area (Å²) in [6.45, 7) is 0.586. The minimum absolute atomic E-state index is 0.0638. The van der Waals surface area contributed by atoms with Crippen molar-refractivity contribution in [1.29, 1.82) is 0 Å². The van der Waals surface area contributed by atoms with Crippen LogP contribution in [0, 0.1) is 0 Å². The van der Waals surface area contributed by atoms with Gasteiger partial charge in [-0.25, -0.2) is 0 Å². The average Bonchev–Trinajstić information content (AvgIpc) is 1.87. The lowest BCUT2D eigenvalue weighted by Crippen LogP contribution is -2.15. The summed E-state index contributed by atoms with van der Waals surface area (Å²) in [6, 6.07) is 0. The SMILES string of the molecule is CC(=O)COCC(=O)CO. The third kappa shape index (κ3) is 5.40. The van der Waals surface area contributed by atoms with Gasteiger partial charge < -0.3 is 9.84 Å². The third-order valence-corrected chi connectivity index (χ3v) is 0.745. The molecule has 0 rings (SSSR count). The van der Waals surface area contributed by atoms with Gasteiger partial charge in [-0.1, -0.05) is 0 Å². The molecule has 0 aromatic carbocycles. The Balaban J connectivity index is 3.20. The fraction of sp³-hybridized carbons (Fsp3) is 0.667. The minimum atomic E-state index is -0.530. The lowest BCUT2D eigenvalue weighted by molar-refractivity contribution is -0.129. The highest BCUT2D eigenvalue weighted by Crippen LogP contribution is 1.77. The van der Waals surface area contributed by atoms with E-state index in [0.717, 1.165) is 0 Å². The number of hydrogen-bond donors (Lipinski definition) is 1. The molecule has 1 N–H and O–H groups in total. The van der Waals surface area contributed by atoms with Crippen molar-refractivity contribution in [2.75, 3.05) is 19.8 Å². The smallest absolute Gasteiger partial charge is 0.183 e. The van der Waals surface area contributed by atoms with Crippen LogP contribution in [0.3, 0.4) is 0 Å². The summed E-state index contributed by atoms with van der Waals surface area (Å²) in [4.78, 5) is 20.5. The van der Waals surface area contributed by atoms with Crippen LogP contribution in [0.25, 0.3) is 0 Å². The van der Waals surface area contributed by atoms with Crippen LogP contribution in [-0.4, -0.2) is 36.5 Å². The van der Waals surface area contributed by atoms with E-state index in [2.05, 4.69) is 4.74 Å². The van der Waals surface area contributed by atoms with Gasteiger partial charge in [0, 0.05) is 0 Å². The van der Waals surface area contributed by atoms with Crippen LogP contribution in [0.5, 0.6) is 0 Å². The summed E-state index contributed by atoms with van der Waals surface area (Å²) in [5.41, 5.74) is 0. The van der Waals surface area contributed by atoms with E-state index in [1.807, 2.05) is 0 Å². The number of ether oxygens (including phenoxy) is 1. The van der Waals surface area contributed by atoms with Gasteiger partial charge >= 0.3 is 0 Å². The minimum Gasteiger partial charge on any atom is -0.388 e. The van der Waals surface area contributed by atoms with Crippen molar-refractivity contribution in [2.45, 2.75) is 6.92 Å². The van der Waals surface area contributed by atoms with Gasteiger partial charge in [-0.05, 0) is 6.92 Å². The highest BCUT2D eigenvalue weighted by atomic mass is 16.5. The van der Waals surface area contributed by atoms with Gasteiger partial charge in [0.15, 0.2) is 11.6 Å². The molecule has 0 saturated carbocycles. The van der Waals surface area contributed by atoms with Crippen molar-refractivity contribution in [3.8, 4) is 0 Å². The van der Waals surface area contributed by atoms with Crippen LogP contribution in [0.2, 0.25) is 0 Å². The van der Waals surface area contributed by atoms with E-state index in [0.29, 0.717) is 0 Å². The van der Waals surface area contributed by atoms with Crippen molar-refractivity contribution >= 4 is 11.6 Å². The van der Waals surface area contributed by atoms with Crippen LogP contribution in [0.4, 0.5) is 0 Å². The number of aliphatic hydroxyl groups excluding tert-OH is 1. The van der Waals surface area contributed by atoms with Crippen molar-refractivity contribution in [1.82, 2.24) is 0 Å². The normalized spacial score (nSPS) is 9.40. The Morgan fingerprint density at radius 3 is 2.40 bits per heavy atom. The molecule has 0 heterocycles. The molecule has 0 atom stereocenters. The Kier molecular flexibility index (Phi) is 4.70. The second-order valence-corrected chi connectivity index (χ2v) is 1.89. The fourth-order valence-corrected chi connectivity index (χ4v) is 0.354. The largest absolute Gasteiger partial charge is 0.388 e. The van der Waals surface area contributed by atoms with Gasteiger partial charge in [0.1, 0.15) is 19.8 Å². The summed E-state index contributed by atoms with van der Waals surface area (Å²) in [6.07, 6.45) is 0. The molecule has 58 valence electrons. The first kappa shape index (κ1) is 9.26. The lowest BCUT2D eigenvalue weighted by Gasteiger charge is -1.96. The van der Waals surface area contributed by atoms with Gasteiger partial charge in [-0.3, -0.25) is 9.59 Å². The van der Waals surface area contributed by atoms with Gasteiger partial charge in [-0.2, -0.15) is 0 Å².